The summed E-state index contributed by atoms with van der Waals surface area (Å²) in [5.74, 6) is -0.0404. The molecule has 29 heavy (non-hydrogen) atoms. The highest BCUT2D eigenvalue weighted by atomic mass is 32.2. The van der Waals surface area contributed by atoms with E-state index in [4.69, 9.17) is 0 Å². The van der Waals surface area contributed by atoms with Gasteiger partial charge in [-0.1, -0.05) is 18.2 Å². The van der Waals surface area contributed by atoms with Gasteiger partial charge in [-0.2, -0.15) is 17.0 Å². The Morgan fingerprint density at radius 2 is 1.59 bits per heavy atom. The van der Waals surface area contributed by atoms with E-state index in [1.807, 2.05) is 24.3 Å². The molecule has 0 radical (unpaired) electrons. The molecule has 2 fully saturated rings. The molecule has 0 aliphatic carbocycles. The van der Waals surface area contributed by atoms with Crippen LogP contribution in [0.3, 0.4) is 0 Å². The fraction of sp³-hybridized carbons (Fsp3) is 0.600. The molecule has 2 saturated heterocycles. The molecule has 0 bridgehead atoms. The maximum absolute atomic E-state index is 12.8. The molecule has 158 valence electrons. The number of hydrogen-bond donors (Lipinski definition) is 0. The molecule has 4 rings (SSSR count). The van der Waals surface area contributed by atoms with Crippen LogP contribution in [-0.2, 0) is 21.5 Å². The van der Waals surface area contributed by atoms with E-state index in [0.29, 0.717) is 58.8 Å². The minimum Gasteiger partial charge on any atom is -0.341 e. The molecule has 0 aromatic heterocycles. The number of fused-ring (bicyclic) bond motifs is 1. The summed E-state index contributed by atoms with van der Waals surface area (Å²) in [6, 6.07) is 7.54. The van der Waals surface area contributed by atoms with Gasteiger partial charge in [-0.15, -0.1) is 0 Å². The van der Waals surface area contributed by atoms with Crippen LogP contribution in [0.15, 0.2) is 24.3 Å². The second-order valence-corrected chi connectivity index (χ2v) is 9.81. The average Bonchev–Trinajstić information content (AvgIpc) is 3.28. The van der Waals surface area contributed by atoms with Gasteiger partial charge in [-0.3, -0.25) is 9.59 Å². The predicted molar refractivity (Wildman–Crippen MR) is 108 cm³/mol. The van der Waals surface area contributed by atoms with Crippen molar-refractivity contribution in [3.63, 3.8) is 0 Å². The van der Waals surface area contributed by atoms with Crippen LogP contribution in [-0.4, -0.2) is 84.5 Å². The van der Waals surface area contributed by atoms with Crippen LogP contribution in [0, 0.1) is 0 Å². The Kier molecular flexibility index (Phi) is 5.89. The maximum atomic E-state index is 12.8. The van der Waals surface area contributed by atoms with E-state index in [1.165, 1.54) is 4.31 Å². The summed E-state index contributed by atoms with van der Waals surface area (Å²) in [6.45, 7) is 3.85. The molecule has 0 saturated carbocycles. The first kappa shape index (κ1) is 20.3. The molecule has 3 aliphatic rings. The van der Waals surface area contributed by atoms with Crippen molar-refractivity contribution < 1.29 is 18.0 Å². The maximum Gasteiger partial charge on any atom is 0.282 e. The number of rotatable bonds is 5. The van der Waals surface area contributed by atoms with Crippen molar-refractivity contribution >= 4 is 22.0 Å². The van der Waals surface area contributed by atoms with Crippen LogP contribution in [0.4, 0.5) is 0 Å². The lowest BCUT2D eigenvalue weighted by Crippen LogP contribution is -2.44. The summed E-state index contributed by atoms with van der Waals surface area (Å²) in [7, 11) is -3.42. The fourth-order valence-electron chi connectivity index (χ4n) is 4.34. The first-order valence-corrected chi connectivity index (χ1v) is 11.8. The third-order valence-corrected chi connectivity index (χ3v) is 8.05. The number of amides is 2. The Labute approximate surface area is 172 Å². The SMILES string of the molecule is O=C(CCN1Cc2ccccc2C1=O)N1CCCN(S(=O)(=O)N2CCCC2)CC1. The molecule has 3 aliphatic heterocycles. The summed E-state index contributed by atoms with van der Waals surface area (Å²) >= 11 is 0. The lowest BCUT2D eigenvalue weighted by Gasteiger charge is -2.26. The highest BCUT2D eigenvalue weighted by Gasteiger charge is 2.33. The predicted octanol–water partition coefficient (Wildman–Crippen LogP) is 0.907. The zero-order valence-corrected chi connectivity index (χ0v) is 17.4. The molecule has 0 spiro atoms. The molecule has 0 unspecified atom stereocenters. The zero-order chi connectivity index (χ0) is 20.4. The van der Waals surface area contributed by atoms with Gasteiger partial charge in [0.05, 0.1) is 0 Å². The quantitative estimate of drug-likeness (QED) is 0.709. The molecule has 1 aromatic carbocycles. The van der Waals surface area contributed by atoms with Gasteiger partial charge in [0, 0.05) is 64.3 Å². The zero-order valence-electron chi connectivity index (χ0n) is 16.6. The highest BCUT2D eigenvalue weighted by molar-refractivity contribution is 7.86. The third-order valence-electron chi connectivity index (χ3n) is 6.02. The number of hydrogen-bond acceptors (Lipinski definition) is 4. The summed E-state index contributed by atoms with van der Waals surface area (Å²) in [4.78, 5) is 28.6. The van der Waals surface area contributed by atoms with Gasteiger partial charge >= 0.3 is 0 Å². The third kappa shape index (κ3) is 4.17. The van der Waals surface area contributed by atoms with Crippen LogP contribution >= 0.6 is 0 Å². The fourth-order valence-corrected chi connectivity index (χ4v) is 6.06. The van der Waals surface area contributed by atoms with Crippen molar-refractivity contribution in [3.05, 3.63) is 35.4 Å². The summed E-state index contributed by atoms with van der Waals surface area (Å²) in [5.41, 5.74) is 1.72. The van der Waals surface area contributed by atoms with Gasteiger partial charge in [0.25, 0.3) is 16.1 Å². The topological polar surface area (TPSA) is 81.2 Å². The molecule has 0 N–H and O–H groups in total. The van der Waals surface area contributed by atoms with E-state index >= 15 is 0 Å². The summed E-state index contributed by atoms with van der Waals surface area (Å²) in [5, 5.41) is 0. The van der Waals surface area contributed by atoms with Crippen LogP contribution in [0.5, 0.6) is 0 Å². The summed E-state index contributed by atoms with van der Waals surface area (Å²) < 4.78 is 28.6. The normalized spacial score (nSPS) is 21.4. The van der Waals surface area contributed by atoms with Crippen LogP contribution in [0.1, 0.15) is 41.6 Å². The van der Waals surface area contributed by atoms with Crippen molar-refractivity contribution in [2.24, 2.45) is 0 Å². The van der Waals surface area contributed by atoms with Gasteiger partial charge in [-0.05, 0) is 30.9 Å². The number of nitrogens with zero attached hydrogens (tertiary/aromatic N) is 4. The number of carbonyl (C=O) groups excluding carboxylic acids is 2. The number of benzene rings is 1. The van der Waals surface area contributed by atoms with Gasteiger partial charge < -0.3 is 9.80 Å². The van der Waals surface area contributed by atoms with Crippen LogP contribution in [0.2, 0.25) is 0 Å². The highest BCUT2D eigenvalue weighted by Crippen LogP contribution is 2.23. The molecule has 8 nitrogen and oxygen atoms in total. The molecule has 9 heteroatoms. The average molecular weight is 421 g/mol. The first-order valence-electron chi connectivity index (χ1n) is 10.4. The van der Waals surface area contributed by atoms with Crippen molar-refractivity contribution in [3.8, 4) is 0 Å². The Hall–Kier alpha value is -1.97. The van der Waals surface area contributed by atoms with Gasteiger partial charge in [0.1, 0.15) is 0 Å². The second kappa shape index (κ2) is 8.41. The van der Waals surface area contributed by atoms with E-state index in [9.17, 15) is 18.0 Å². The van der Waals surface area contributed by atoms with Crippen molar-refractivity contribution in [1.82, 2.24) is 18.4 Å². The van der Waals surface area contributed by atoms with Crippen molar-refractivity contribution in [1.29, 1.82) is 0 Å². The largest absolute Gasteiger partial charge is 0.341 e. The second-order valence-electron chi connectivity index (χ2n) is 7.88. The van der Waals surface area contributed by atoms with Crippen molar-refractivity contribution in [2.75, 3.05) is 45.8 Å². The lowest BCUT2D eigenvalue weighted by molar-refractivity contribution is -0.131. The first-order chi connectivity index (χ1) is 14.0. The molecule has 2 amide bonds. The van der Waals surface area contributed by atoms with E-state index in [1.54, 1.807) is 14.1 Å². The molecular weight excluding hydrogens is 392 g/mol. The smallest absolute Gasteiger partial charge is 0.282 e. The Balaban J connectivity index is 1.30. The molecular formula is C20H28N4O4S. The van der Waals surface area contributed by atoms with E-state index in [2.05, 4.69) is 0 Å². The van der Waals surface area contributed by atoms with E-state index in [-0.39, 0.29) is 18.2 Å². The Bertz CT molecular complexity index is 882. The molecule has 3 heterocycles. The molecule has 0 atom stereocenters. The van der Waals surface area contributed by atoms with Gasteiger partial charge in [0.15, 0.2) is 0 Å². The van der Waals surface area contributed by atoms with E-state index < -0.39 is 10.2 Å². The lowest BCUT2D eigenvalue weighted by atomic mass is 10.1. The summed E-state index contributed by atoms with van der Waals surface area (Å²) in [6.07, 6.45) is 2.72. The Morgan fingerprint density at radius 3 is 2.34 bits per heavy atom. The standard InChI is InChI=1S/C20H28N4O4S/c25-19(8-13-22-16-17-6-1-2-7-18(17)20(22)26)21-9-5-12-24(15-14-21)29(27,28)23-10-3-4-11-23/h1-2,6-7H,3-5,8-16H2. The minimum absolute atomic E-state index is 0.0193. The van der Waals surface area contributed by atoms with Gasteiger partial charge in [0.2, 0.25) is 5.91 Å². The molecule has 1 aromatic rings. The number of carbonyl (C=O) groups is 2. The van der Waals surface area contributed by atoms with Crippen molar-refractivity contribution in [2.45, 2.75) is 32.2 Å². The minimum atomic E-state index is -3.42. The monoisotopic (exact) mass is 420 g/mol. The van der Waals surface area contributed by atoms with Crippen LogP contribution < -0.4 is 0 Å². The van der Waals surface area contributed by atoms with E-state index in [0.717, 1.165) is 24.0 Å². The van der Waals surface area contributed by atoms with Crippen LogP contribution in [0.25, 0.3) is 0 Å². The Morgan fingerprint density at radius 1 is 0.897 bits per heavy atom. The van der Waals surface area contributed by atoms with Gasteiger partial charge in [-0.25, -0.2) is 0 Å².